The molecule has 1 N–H and O–H groups in total. The van der Waals surface area contributed by atoms with Crippen LogP contribution in [-0.4, -0.2) is 37.2 Å². The fraction of sp³-hybridized carbons (Fsp3) is 0.524. The molecule has 0 radical (unpaired) electrons. The van der Waals surface area contributed by atoms with Crippen LogP contribution in [0.5, 0.6) is 0 Å². The van der Waals surface area contributed by atoms with Crippen molar-refractivity contribution < 1.29 is 17.2 Å². The average molecular weight is 435 g/mol. The molecule has 6 nitrogen and oxygen atoms in total. The molecule has 0 bridgehead atoms. The number of benzene rings is 1. The van der Waals surface area contributed by atoms with E-state index in [1.54, 1.807) is 0 Å². The van der Waals surface area contributed by atoms with Crippen LogP contribution in [-0.2, 0) is 28.8 Å². The second-order valence-corrected chi connectivity index (χ2v) is 10.4. The number of anilines is 1. The van der Waals surface area contributed by atoms with Crippen molar-refractivity contribution in [2.75, 3.05) is 17.7 Å². The first-order chi connectivity index (χ1) is 14.1. The molecule has 0 spiro atoms. The molecule has 1 saturated heterocycles. The first kappa shape index (κ1) is 19.8. The number of aryl methyl sites for hydroxylation is 1. The van der Waals surface area contributed by atoms with Crippen LogP contribution in [0.4, 0.5) is 14.7 Å². The van der Waals surface area contributed by atoms with E-state index in [4.69, 9.17) is 4.98 Å². The number of fused-ring (bicyclic) bond motifs is 2. The second kappa shape index (κ2) is 6.68. The van der Waals surface area contributed by atoms with Crippen molar-refractivity contribution in [1.29, 1.82) is 0 Å². The second-order valence-electron chi connectivity index (χ2n) is 8.63. The number of hydrogen-bond donors (Lipinski definition) is 1. The molecule has 0 saturated carbocycles. The lowest BCUT2D eigenvalue weighted by molar-refractivity contribution is -0.00595. The highest BCUT2D eigenvalue weighted by atomic mass is 32.2. The summed E-state index contributed by atoms with van der Waals surface area (Å²) in [6.07, 6.45) is 3.57. The Hall–Kier alpha value is -2.13. The van der Waals surface area contributed by atoms with Crippen LogP contribution in [0.25, 0.3) is 11.3 Å². The monoisotopic (exact) mass is 434 g/mol. The summed E-state index contributed by atoms with van der Waals surface area (Å²) in [6, 6.07) is 5.70. The van der Waals surface area contributed by atoms with Gasteiger partial charge in [-0.2, -0.15) is 8.78 Å². The van der Waals surface area contributed by atoms with Crippen molar-refractivity contribution in [2.45, 2.75) is 57.0 Å². The summed E-state index contributed by atoms with van der Waals surface area (Å²) in [7, 11) is -3.35. The van der Waals surface area contributed by atoms with E-state index < -0.39 is 15.9 Å². The van der Waals surface area contributed by atoms with Crippen LogP contribution >= 0.6 is 0 Å². The third-order valence-corrected chi connectivity index (χ3v) is 7.17. The van der Waals surface area contributed by atoms with Gasteiger partial charge in [-0.25, -0.2) is 23.1 Å². The highest BCUT2D eigenvalue weighted by molar-refractivity contribution is 7.88. The molecule has 1 aliphatic heterocycles. The molecule has 0 unspecified atom stereocenters. The molecule has 2 atom stereocenters. The SMILES string of the molecule is C[C@H]1CCN1c1nc(-c2ccc3c(c2)[C@H](NS(C)(=O)=O)CC3)c2c(n1)C(F)(F)CC2. The zero-order chi connectivity index (χ0) is 21.3. The molecule has 5 rings (SSSR count). The number of nitrogens with one attached hydrogen (secondary N) is 1. The lowest BCUT2D eigenvalue weighted by Gasteiger charge is -2.39. The molecule has 3 aliphatic rings. The molecular weight excluding hydrogens is 410 g/mol. The van der Waals surface area contributed by atoms with Crippen molar-refractivity contribution in [3.63, 3.8) is 0 Å². The van der Waals surface area contributed by atoms with Crippen LogP contribution in [0, 0.1) is 0 Å². The summed E-state index contributed by atoms with van der Waals surface area (Å²) in [6.45, 7) is 2.80. The standard InChI is InChI=1S/C21H24F2N4O2S/c1-12-8-10-27(12)20-24-18(15-7-9-21(22,23)19(15)25-20)14-4-3-13-5-6-17(16(13)11-14)26-30(2,28)29/h3-4,11-12,17,26H,5-10H2,1-2H3/t12-,17+/m0/s1. The Labute approximate surface area is 174 Å². The Bertz CT molecular complexity index is 1140. The van der Waals surface area contributed by atoms with Crippen molar-refractivity contribution in [3.05, 3.63) is 40.6 Å². The summed E-state index contributed by atoms with van der Waals surface area (Å²) in [5.41, 5.74) is 3.60. The predicted molar refractivity (Wildman–Crippen MR) is 110 cm³/mol. The maximum atomic E-state index is 14.6. The smallest absolute Gasteiger partial charge is 0.290 e. The molecule has 0 amide bonds. The third-order valence-electron chi connectivity index (χ3n) is 6.46. The van der Waals surface area contributed by atoms with Crippen LogP contribution in [0.3, 0.4) is 0 Å². The summed E-state index contributed by atoms with van der Waals surface area (Å²) >= 11 is 0. The Morgan fingerprint density at radius 1 is 1.20 bits per heavy atom. The van der Waals surface area contributed by atoms with Gasteiger partial charge in [0, 0.05) is 36.2 Å². The van der Waals surface area contributed by atoms with Gasteiger partial charge in [-0.05, 0) is 49.8 Å². The number of hydrogen-bond acceptors (Lipinski definition) is 5. The largest absolute Gasteiger partial charge is 0.338 e. The number of nitrogens with zero attached hydrogens (tertiary/aromatic N) is 3. The van der Waals surface area contributed by atoms with Crippen molar-refractivity contribution in [1.82, 2.24) is 14.7 Å². The molecule has 30 heavy (non-hydrogen) atoms. The van der Waals surface area contributed by atoms with E-state index >= 15 is 0 Å². The normalized spacial score (nSPS) is 24.5. The van der Waals surface area contributed by atoms with E-state index in [0.717, 1.165) is 42.3 Å². The maximum absolute atomic E-state index is 14.6. The lowest BCUT2D eigenvalue weighted by Crippen LogP contribution is -2.47. The number of sulfonamides is 1. The molecule has 1 fully saturated rings. The Morgan fingerprint density at radius 3 is 2.67 bits per heavy atom. The van der Waals surface area contributed by atoms with Crippen molar-refractivity contribution >= 4 is 16.0 Å². The molecule has 2 aliphatic carbocycles. The van der Waals surface area contributed by atoms with E-state index in [9.17, 15) is 17.2 Å². The van der Waals surface area contributed by atoms with Gasteiger partial charge in [-0.15, -0.1) is 0 Å². The summed E-state index contributed by atoms with van der Waals surface area (Å²) in [5.74, 6) is -2.59. The number of aromatic nitrogens is 2. The van der Waals surface area contributed by atoms with Gasteiger partial charge in [0.1, 0.15) is 5.69 Å². The van der Waals surface area contributed by atoms with Gasteiger partial charge in [0.05, 0.1) is 11.9 Å². The number of rotatable bonds is 4. The minimum absolute atomic E-state index is 0.159. The van der Waals surface area contributed by atoms with Gasteiger partial charge in [0.15, 0.2) is 0 Å². The van der Waals surface area contributed by atoms with E-state index in [1.165, 1.54) is 0 Å². The Morgan fingerprint density at radius 2 is 2.00 bits per heavy atom. The summed E-state index contributed by atoms with van der Waals surface area (Å²) in [5, 5.41) is 0. The molecule has 1 aromatic carbocycles. The highest BCUT2D eigenvalue weighted by Crippen LogP contribution is 2.45. The molecule has 2 heterocycles. The predicted octanol–water partition coefficient (Wildman–Crippen LogP) is 3.32. The number of alkyl halides is 2. The lowest BCUT2D eigenvalue weighted by atomic mass is 9.99. The van der Waals surface area contributed by atoms with E-state index in [-0.39, 0.29) is 30.6 Å². The van der Waals surface area contributed by atoms with Gasteiger partial charge in [-0.3, -0.25) is 0 Å². The zero-order valence-corrected chi connectivity index (χ0v) is 17.8. The topological polar surface area (TPSA) is 75.2 Å². The summed E-state index contributed by atoms with van der Waals surface area (Å²) in [4.78, 5) is 11.0. The summed E-state index contributed by atoms with van der Waals surface area (Å²) < 4.78 is 55.3. The van der Waals surface area contributed by atoms with E-state index in [1.807, 2.05) is 30.0 Å². The van der Waals surface area contributed by atoms with Crippen molar-refractivity contribution in [2.24, 2.45) is 0 Å². The number of halogens is 2. The van der Waals surface area contributed by atoms with Crippen LogP contribution in [0.2, 0.25) is 0 Å². The van der Waals surface area contributed by atoms with Crippen LogP contribution in [0.15, 0.2) is 18.2 Å². The average Bonchev–Trinajstić information content (AvgIpc) is 3.19. The molecule has 160 valence electrons. The highest BCUT2D eigenvalue weighted by Gasteiger charge is 2.44. The van der Waals surface area contributed by atoms with Gasteiger partial charge in [0.2, 0.25) is 16.0 Å². The Balaban J connectivity index is 1.62. The quantitative estimate of drug-likeness (QED) is 0.799. The van der Waals surface area contributed by atoms with Gasteiger partial charge in [0.25, 0.3) is 5.92 Å². The van der Waals surface area contributed by atoms with E-state index in [0.29, 0.717) is 23.6 Å². The van der Waals surface area contributed by atoms with Crippen LogP contribution in [0.1, 0.15) is 54.6 Å². The minimum Gasteiger partial charge on any atom is -0.338 e. The van der Waals surface area contributed by atoms with E-state index in [2.05, 4.69) is 9.71 Å². The first-order valence-electron chi connectivity index (χ1n) is 10.3. The maximum Gasteiger partial charge on any atom is 0.290 e. The zero-order valence-electron chi connectivity index (χ0n) is 17.0. The molecular formula is C21H24F2N4O2S. The molecule has 2 aromatic rings. The molecule has 1 aromatic heterocycles. The fourth-order valence-corrected chi connectivity index (χ4v) is 5.48. The Kier molecular flexibility index (Phi) is 4.41. The van der Waals surface area contributed by atoms with Gasteiger partial charge >= 0.3 is 0 Å². The van der Waals surface area contributed by atoms with Crippen molar-refractivity contribution in [3.8, 4) is 11.3 Å². The van der Waals surface area contributed by atoms with Gasteiger partial charge in [-0.1, -0.05) is 12.1 Å². The third kappa shape index (κ3) is 3.28. The first-order valence-corrected chi connectivity index (χ1v) is 12.2. The molecule has 9 heteroatoms. The van der Waals surface area contributed by atoms with Crippen LogP contribution < -0.4 is 9.62 Å². The van der Waals surface area contributed by atoms with Gasteiger partial charge < -0.3 is 4.90 Å². The minimum atomic E-state index is -3.35. The fourth-order valence-electron chi connectivity index (χ4n) is 4.72.